The topological polar surface area (TPSA) is 81.3 Å². The monoisotopic (exact) mass is 334 g/mol. The van der Waals surface area contributed by atoms with Crippen LogP contribution in [-0.2, 0) is 4.74 Å². The van der Waals surface area contributed by atoms with Gasteiger partial charge in [-0.3, -0.25) is 0 Å². The summed E-state index contributed by atoms with van der Waals surface area (Å²) in [5.41, 5.74) is 6.18. The number of aromatic nitrogens is 2. The van der Waals surface area contributed by atoms with Crippen LogP contribution in [0.2, 0.25) is 5.15 Å². The largest absolute Gasteiger partial charge is 0.448 e. The second-order valence-corrected chi connectivity index (χ2v) is 6.40. The first-order chi connectivity index (χ1) is 11.0. The lowest BCUT2D eigenvalue weighted by Crippen LogP contribution is -2.51. The van der Waals surface area contributed by atoms with E-state index in [9.17, 15) is 4.79 Å². The molecule has 0 radical (unpaired) electrons. The molecule has 1 amide bonds. The van der Waals surface area contributed by atoms with E-state index in [2.05, 4.69) is 28.7 Å². The lowest BCUT2D eigenvalue weighted by Gasteiger charge is -2.41. The zero-order chi connectivity index (χ0) is 16.6. The number of rotatable bonds is 4. The molecular weight excluding hydrogens is 316 g/mol. The highest BCUT2D eigenvalue weighted by Gasteiger charge is 2.31. The van der Waals surface area contributed by atoms with E-state index in [1.807, 2.05) is 12.3 Å². The molecule has 23 heavy (non-hydrogen) atoms. The van der Waals surface area contributed by atoms with Crippen LogP contribution in [0.1, 0.15) is 31.7 Å². The number of hydrogen-bond acceptors (Lipinski definition) is 5. The molecule has 1 atom stereocenters. The Morgan fingerprint density at radius 3 is 2.83 bits per heavy atom. The van der Waals surface area contributed by atoms with E-state index in [0.717, 1.165) is 35.1 Å². The second-order valence-electron chi connectivity index (χ2n) is 6.01. The molecule has 1 saturated heterocycles. The van der Waals surface area contributed by atoms with E-state index < -0.39 is 6.09 Å². The molecule has 7 heteroatoms. The molecule has 0 spiro atoms. The van der Waals surface area contributed by atoms with Crippen LogP contribution in [0.15, 0.2) is 18.5 Å². The Kier molecular flexibility index (Phi) is 4.26. The molecule has 6 nitrogen and oxygen atoms in total. The van der Waals surface area contributed by atoms with Gasteiger partial charge in [-0.2, -0.15) is 0 Å². The summed E-state index contributed by atoms with van der Waals surface area (Å²) in [5, 5.41) is 2.49. The van der Waals surface area contributed by atoms with Crippen molar-refractivity contribution in [2.24, 2.45) is 5.73 Å². The van der Waals surface area contributed by atoms with Crippen LogP contribution in [0, 0.1) is 0 Å². The molecule has 1 fully saturated rings. The van der Waals surface area contributed by atoms with Crippen molar-refractivity contribution in [1.82, 2.24) is 9.97 Å². The molecular formula is C16H19ClN4O2. The summed E-state index contributed by atoms with van der Waals surface area (Å²) in [6.45, 7) is 5.37. The molecule has 0 aromatic carbocycles. The number of halogens is 1. The van der Waals surface area contributed by atoms with E-state index in [-0.39, 0.29) is 12.6 Å². The van der Waals surface area contributed by atoms with Crippen LogP contribution >= 0.6 is 11.6 Å². The number of pyridine rings is 2. The Hall–Kier alpha value is -2.08. The van der Waals surface area contributed by atoms with Gasteiger partial charge in [0.2, 0.25) is 0 Å². The lowest BCUT2D eigenvalue weighted by atomic mass is 9.97. The van der Waals surface area contributed by atoms with Crippen molar-refractivity contribution in [3.05, 3.63) is 29.2 Å². The Bertz CT molecular complexity index is 750. The minimum atomic E-state index is -0.752. The van der Waals surface area contributed by atoms with E-state index >= 15 is 0 Å². The second kappa shape index (κ2) is 6.20. The van der Waals surface area contributed by atoms with Gasteiger partial charge in [0.15, 0.2) is 0 Å². The average Bonchev–Trinajstić information content (AvgIpc) is 2.45. The Morgan fingerprint density at radius 2 is 2.22 bits per heavy atom. The van der Waals surface area contributed by atoms with Crippen molar-refractivity contribution in [3.8, 4) is 0 Å². The molecule has 3 heterocycles. The summed E-state index contributed by atoms with van der Waals surface area (Å²) in [7, 11) is 0. The molecule has 2 N–H and O–H groups in total. The van der Waals surface area contributed by atoms with Gasteiger partial charge in [-0.25, -0.2) is 14.8 Å². The highest BCUT2D eigenvalue weighted by molar-refractivity contribution is 6.30. The maximum Gasteiger partial charge on any atom is 0.404 e. The molecule has 0 bridgehead atoms. The van der Waals surface area contributed by atoms with Gasteiger partial charge < -0.3 is 15.4 Å². The number of ether oxygens (including phenoxy) is 1. The summed E-state index contributed by atoms with van der Waals surface area (Å²) in [6.07, 6.45) is 3.83. The number of nitrogens with two attached hydrogens (primary N) is 1. The molecule has 2 aromatic heterocycles. The van der Waals surface area contributed by atoms with Gasteiger partial charge in [0, 0.05) is 24.3 Å². The average molecular weight is 335 g/mol. The number of primary amides is 1. The predicted molar refractivity (Wildman–Crippen MR) is 89.9 cm³/mol. The van der Waals surface area contributed by atoms with Crippen LogP contribution < -0.4 is 10.6 Å². The van der Waals surface area contributed by atoms with E-state index in [4.69, 9.17) is 22.1 Å². The standard InChI is InChI=1S/C16H19ClN4O2/c1-9(2)12-6-20-15(13-7-19-14(17)5-11(12)13)21-4-3-10(21)8-23-16(18)22/h5-7,9-10H,3-4,8H2,1-2H3,(H2,18,22). The highest BCUT2D eigenvalue weighted by atomic mass is 35.5. The van der Waals surface area contributed by atoms with Gasteiger partial charge in [-0.05, 0) is 29.4 Å². The molecule has 1 aliphatic heterocycles. The maximum absolute atomic E-state index is 10.8. The van der Waals surface area contributed by atoms with E-state index in [1.54, 1.807) is 6.20 Å². The summed E-state index contributed by atoms with van der Waals surface area (Å²) in [4.78, 5) is 21.7. The van der Waals surface area contributed by atoms with Gasteiger partial charge >= 0.3 is 6.09 Å². The zero-order valence-corrected chi connectivity index (χ0v) is 13.9. The smallest absolute Gasteiger partial charge is 0.404 e. The van der Waals surface area contributed by atoms with Crippen molar-refractivity contribution in [1.29, 1.82) is 0 Å². The van der Waals surface area contributed by atoms with Gasteiger partial charge in [0.25, 0.3) is 0 Å². The number of carbonyl (C=O) groups excluding carboxylic acids is 1. The third-order valence-corrected chi connectivity index (χ3v) is 4.41. The zero-order valence-electron chi connectivity index (χ0n) is 13.1. The lowest BCUT2D eigenvalue weighted by molar-refractivity contribution is 0.138. The van der Waals surface area contributed by atoms with Crippen LogP contribution in [-0.4, -0.2) is 35.3 Å². The first kappa shape index (κ1) is 15.8. The highest BCUT2D eigenvalue weighted by Crippen LogP contribution is 2.35. The molecule has 1 aliphatic rings. The molecule has 122 valence electrons. The number of fused-ring (bicyclic) bond motifs is 1. The minimum absolute atomic E-state index is 0.0961. The van der Waals surface area contributed by atoms with Crippen molar-refractivity contribution in [2.75, 3.05) is 18.1 Å². The number of hydrogen-bond donors (Lipinski definition) is 1. The van der Waals surface area contributed by atoms with Gasteiger partial charge in [0.05, 0.1) is 6.04 Å². The normalized spacial score (nSPS) is 17.4. The van der Waals surface area contributed by atoms with Gasteiger partial charge in [-0.1, -0.05) is 25.4 Å². The predicted octanol–water partition coefficient (Wildman–Crippen LogP) is 3.08. The molecule has 0 saturated carbocycles. The fraction of sp³-hybridized carbons (Fsp3) is 0.438. The van der Waals surface area contributed by atoms with Crippen LogP contribution in [0.4, 0.5) is 10.6 Å². The van der Waals surface area contributed by atoms with Crippen LogP contribution in [0.25, 0.3) is 10.8 Å². The molecule has 2 aromatic rings. The summed E-state index contributed by atoms with van der Waals surface area (Å²) in [5.74, 6) is 1.18. The van der Waals surface area contributed by atoms with E-state index in [0.29, 0.717) is 11.1 Å². The maximum atomic E-state index is 10.8. The summed E-state index contributed by atoms with van der Waals surface area (Å²) < 4.78 is 4.92. The number of anilines is 1. The number of carbonyl (C=O) groups is 1. The Balaban J connectivity index is 1.99. The quantitative estimate of drug-likeness (QED) is 0.869. The first-order valence-corrected chi connectivity index (χ1v) is 7.98. The fourth-order valence-corrected chi connectivity index (χ4v) is 3.03. The molecule has 0 aliphatic carbocycles. The van der Waals surface area contributed by atoms with Crippen LogP contribution in [0.5, 0.6) is 0 Å². The van der Waals surface area contributed by atoms with Crippen LogP contribution in [0.3, 0.4) is 0 Å². The SMILES string of the molecule is CC(C)c1cnc(N2CCC2COC(N)=O)c2cnc(Cl)cc12. The molecule has 1 unspecified atom stereocenters. The Labute approximate surface area is 139 Å². The summed E-state index contributed by atoms with van der Waals surface area (Å²) in [6, 6.07) is 1.98. The summed E-state index contributed by atoms with van der Waals surface area (Å²) >= 11 is 6.07. The van der Waals surface area contributed by atoms with Gasteiger partial charge in [0.1, 0.15) is 17.6 Å². The van der Waals surface area contributed by atoms with Crippen molar-refractivity contribution < 1.29 is 9.53 Å². The Morgan fingerprint density at radius 1 is 1.43 bits per heavy atom. The minimum Gasteiger partial charge on any atom is -0.448 e. The van der Waals surface area contributed by atoms with E-state index in [1.165, 1.54) is 0 Å². The first-order valence-electron chi connectivity index (χ1n) is 7.60. The third-order valence-electron chi connectivity index (χ3n) is 4.20. The van der Waals surface area contributed by atoms with Crippen molar-refractivity contribution >= 4 is 34.3 Å². The molecule has 3 rings (SSSR count). The fourth-order valence-electron chi connectivity index (χ4n) is 2.88. The number of nitrogens with zero attached hydrogens (tertiary/aromatic N) is 3. The van der Waals surface area contributed by atoms with Gasteiger partial charge in [-0.15, -0.1) is 0 Å². The van der Waals surface area contributed by atoms with Crippen molar-refractivity contribution in [2.45, 2.75) is 32.2 Å². The van der Waals surface area contributed by atoms with Crippen molar-refractivity contribution in [3.63, 3.8) is 0 Å². The number of amides is 1. The third kappa shape index (κ3) is 3.03.